The van der Waals surface area contributed by atoms with Crippen molar-refractivity contribution in [3.63, 3.8) is 0 Å². The van der Waals surface area contributed by atoms with Crippen LogP contribution >= 0.6 is 0 Å². The third-order valence-electron chi connectivity index (χ3n) is 2.88. The summed E-state index contributed by atoms with van der Waals surface area (Å²) in [6, 6.07) is 9.18. The van der Waals surface area contributed by atoms with Gasteiger partial charge in [-0.25, -0.2) is 0 Å². The van der Waals surface area contributed by atoms with Crippen molar-refractivity contribution < 1.29 is 5.11 Å². The Morgan fingerprint density at radius 2 is 1.65 bits per heavy atom. The smallest absolute Gasteiger partial charge is 0.0445 e. The van der Waals surface area contributed by atoms with Crippen molar-refractivity contribution in [3.8, 4) is 0 Å². The molecule has 0 saturated heterocycles. The summed E-state index contributed by atoms with van der Waals surface area (Å²) >= 11 is 0. The average molecular weight is 235 g/mol. The quantitative estimate of drug-likeness (QED) is 0.761. The molecule has 0 radical (unpaired) electrons. The third-order valence-corrected chi connectivity index (χ3v) is 2.88. The molecule has 1 atom stereocenters. The second-order valence-corrected chi connectivity index (χ2v) is 5.21. The monoisotopic (exact) mass is 235 g/mol. The first kappa shape index (κ1) is 14.2. The topological polar surface area (TPSA) is 32.3 Å². The van der Waals surface area contributed by atoms with Gasteiger partial charge in [0.1, 0.15) is 0 Å². The van der Waals surface area contributed by atoms with Gasteiger partial charge in [0.25, 0.3) is 0 Å². The molecule has 2 heteroatoms. The number of rotatable bonds is 7. The molecule has 1 rings (SSSR count). The number of aliphatic hydroxyl groups excluding tert-OH is 1. The van der Waals surface area contributed by atoms with Crippen molar-refractivity contribution in [3.05, 3.63) is 35.4 Å². The summed E-state index contributed by atoms with van der Waals surface area (Å²) in [6.45, 7) is 7.71. The predicted octanol–water partition coefficient (Wildman–Crippen LogP) is 2.75. The highest BCUT2D eigenvalue weighted by atomic mass is 16.3. The van der Waals surface area contributed by atoms with Crippen LogP contribution in [0.5, 0.6) is 0 Å². The third kappa shape index (κ3) is 5.85. The molecule has 0 aliphatic carbocycles. The molecule has 0 amide bonds. The number of hydrogen-bond donors (Lipinski definition) is 2. The van der Waals surface area contributed by atoms with Gasteiger partial charge in [0.05, 0.1) is 0 Å². The van der Waals surface area contributed by atoms with Crippen LogP contribution in [0.2, 0.25) is 0 Å². The van der Waals surface area contributed by atoms with Gasteiger partial charge >= 0.3 is 0 Å². The molecular weight excluding hydrogens is 210 g/mol. The lowest BCUT2D eigenvalue weighted by molar-refractivity contribution is 0.268. The summed E-state index contributed by atoms with van der Waals surface area (Å²) in [4.78, 5) is 0. The second kappa shape index (κ2) is 7.46. The van der Waals surface area contributed by atoms with Crippen LogP contribution in [0, 0.1) is 5.92 Å². The minimum absolute atomic E-state index is 0.251. The fraction of sp³-hybridized carbons (Fsp3) is 0.600. The Morgan fingerprint density at radius 1 is 1.06 bits per heavy atom. The highest BCUT2D eigenvalue weighted by Gasteiger charge is 2.01. The van der Waals surface area contributed by atoms with E-state index >= 15 is 0 Å². The van der Waals surface area contributed by atoms with Crippen LogP contribution in [0.3, 0.4) is 0 Å². The lowest BCUT2D eigenvalue weighted by atomic mass is 10.0. The van der Waals surface area contributed by atoms with Gasteiger partial charge in [-0.15, -0.1) is 0 Å². The van der Waals surface area contributed by atoms with Crippen molar-refractivity contribution in [2.24, 2.45) is 5.92 Å². The summed E-state index contributed by atoms with van der Waals surface area (Å²) in [5.74, 6) is 0.712. The van der Waals surface area contributed by atoms with Crippen molar-refractivity contribution in [2.75, 3.05) is 6.61 Å². The van der Waals surface area contributed by atoms with Gasteiger partial charge < -0.3 is 10.4 Å². The fourth-order valence-electron chi connectivity index (χ4n) is 1.85. The van der Waals surface area contributed by atoms with Crippen LogP contribution < -0.4 is 5.32 Å². The van der Waals surface area contributed by atoms with Crippen LogP contribution in [-0.4, -0.2) is 17.8 Å². The minimum atomic E-state index is 0.251. The summed E-state index contributed by atoms with van der Waals surface area (Å²) in [5, 5.41) is 12.2. The van der Waals surface area contributed by atoms with E-state index in [1.165, 1.54) is 11.1 Å². The van der Waals surface area contributed by atoms with E-state index in [9.17, 15) is 0 Å². The van der Waals surface area contributed by atoms with Crippen molar-refractivity contribution in [2.45, 2.75) is 46.2 Å². The Balaban J connectivity index is 2.40. The first-order valence-corrected chi connectivity index (χ1v) is 6.54. The molecule has 0 saturated carbocycles. The molecule has 17 heavy (non-hydrogen) atoms. The van der Waals surface area contributed by atoms with E-state index in [2.05, 4.69) is 50.4 Å². The van der Waals surface area contributed by atoms with Gasteiger partial charge in [-0.1, -0.05) is 38.1 Å². The molecule has 2 N–H and O–H groups in total. The summed E-state index contributed by atoms with van der Waals surface area (Å²) in [6.07, 6.45) is 1.96. The maximum Gasteiger partial charge on any atom is 0.0445 e. The Morgan fingerprint density at radius 3 is 2.18 bits per heavy atom. The van der Waals surface area contributed by atoms with Gasteiger partial charge in [-0.3, -0.25) is 0 Å². The molecule has 96 valence electrons. The Kier molecular flexibility index (Phi) is 6.23. The van der Waals surface area contributed by atoms with E-state index in [0.717, 1.165) is 19.4 Å². The van der Waals surface area contributed by atoms with E-state index in [0.29, 0.717) is 12.0 Å². The van der Waals surface area contributed by atoms with Crippen molar-refractivity contribution in [1.29, 1.82) is 0 Å². The lowest BCUT2D eigenvalue weighted by Crippen LogP contribution is -2.26. The highest BCUT2D eigenvalue weighted by Crippen LogP contribution is 2.09. The zero-order valence-corrected chi connectivity index (χ0v) is 11.2. The van der Waals surface area contributed by atoms with Gasteiger partial charge in [0, 0.05) is 19.2 Å². The van der Waals surface area contributed by atoms with E-state index in [-0.39, 0.29) is 6.61 Å². The van der Waals surface area contributed by atoms with Crippen LogP contribution in [-0.2, 0) is 13.0 Å². The minimum Gasteiger partial charge on any atom is -0.396 e. The molecule has 0 aromatic heterocycles. The largest absolute Gasteiger partial charge is 0.396 e. The van der Waals surface area contributed by atoms with Crippen LogP contribution in [0.15, 0.2) is 24.3 Å². The zero-order valence-electron chi connectivity index (χ0n) is 11.2. The Bertz CT molecular complexity index is 305. The van der Waals surface area contributed by atoms with Gasteiger partial charge in [0.15, 0.2) is 0 Å². The SMILES string of the molecule is CC(C)Cc1ccc(CNC(C)CCO)cc1. The molecule has 0 aliphatic heterocycles. The van der Waals surface area contributed by atoms with Crippen LogP contribution in [0.1, 0.15) is 38.3 Å². The average Bonchev–Trinajstić information content (AvgIpc) is 2.28. The van der Waals surface area contributed by atoms with E-state index in [1.54, 1.807) is 0 Å². The van der Waals surface area contributed by atoms with Crippen molar-refractivity contribution >= 4 is 0 Å². The zero-order chi connectivity index (χ0) is 12.7. The lowest BCUT2D eigenvalue weighted by Gasteiger charge is -2.12. The number of nitrogens with one attached hydrogen (secondary N) is 1. The van der Waals surface area contributed by atoms with Gasteiger partial charge in [0.2, 0.25) is 0 Å². The normalized spacial score (nSPS) is 13.0. The second-order valence-electron chi connectivity index (χ2n) is 5.21. The van der Waals surface area contributed by atoms with E-state index < -0.39 is 0 Å². The first-order chi connectivity index (χ1) is 8.11. The van der Waals surface area contributed by atoms with Crippen LogP contribution in [0.25, 0.3) is 0 Å². The maximum absolute atomic E-state index is 8.81. The molecule has 0 bridgehead atoms. The number of benzene rings is 1. The van der Waals surface area contributed by atoms with E-state index in [1.807, 2.05) is 0 Å². The number of aliphatic hydroxyl groups is 1. The Labute approximate surface area is 105 Å². The molecule has 0 heterocycles. The van der Waals surface area contributed by atoms with Gasteiger partial charge in [-0.05, 0) is 36.8 Å². The first-order valence-electron chi connectivity index (χ1n) is 6.54. The van der Waals surface area contributed by atoms with Gasteiger partial charge in [-0.2, -0.15) is 0 Å². The number of hydrogen-bond acceptors (Lipinski definition) is 2. The molecule has 0 aliphatic rings. The Hall–Kier alpha value is -0.860. The van der Waals surface area contributed by atoms with Crippen LogP contribution in [0.4, 0.5) is 0 Å². The highest BCUT2D eigenvalue weighted by molar-refractivity contribution is 5.22. The molecule has 0 fully saturated rings. The molecule has 2 nitrogen and oxygen atoms in total. The molecule has 1 unspecified atom stereocenters. The fourth-order valence-corrected chi connectivity index (χ4v) is 1.85. The summed E-state index contributed by atoms with van der Waals surface area (Å²) in [7, 11) is 0. The van der Waals surface area contributed by atoms with E-state index in [4.69, 9.17) is 5.11 Å². The molecular formula is C15H25NO. The maximum atomic E-state index is 8.81. The molecule has 1 aromatic rings. The summed E-state index contributed by atoms with van der Waals surface area (Å²) < 4.78 is 0. The predicted molar refractivity (Wildman–Crippen MR) is 73.0 cm³/mol. The summed E-state index contributed by atoms with van der Waals surface area (Å²) in [5.41, 5.74) is 2.72. The van der Waals surface area contributed by atoms with Crippen molar-refractivity contribution in [1.82, 2.24) is 5.32 Å². The standard InChI is InChI=1S/C15H25NO/c1-12(2)10-14-4-6-15(7-5-14)11-16-13(3)8-9-17/h4-7,12-13,16-17H,8-11H2,1-3H3. The molecule has 0 spiro atoms. The molecule has 1 aromatic carbocycles.